The van der Waals surface area contributed by atoms with Crippen molar-refractivity contribution in [2.45, 2.75) is 32.2 Å². The Hall–Kier alpha value is -1.33. The fourth-order valence-electron chi connectivity index (χ4n) is 4.06. The molecule has 2 N–H and O–H groups in total. The van der Waals surface area contributed by atoms with Gasteiger partial charge in [-0.1, -0.05) is 0 Å². The highest BCUT2D eigenvalue weighted by Gasteiger charge is 2.47. The lowest BCUT2D eigenvalue weighted by molar-refractivity contribution is -0.0601. The monoisotopic (exact) mass is 291 g/mol. The third-order valence-electron chi connectivity index (χ3n) is 5.48. The maximum absolute atomic E-state index is 12.7. The molecule has 2 atom stereocenters. The summed E-state index contributed by atoms with van der Waals surface area (Å²) in [5.41, 5.74) is 1.68. The van der Waals surface area contributed by atoms with Gasteiger partial charge in [-0.25, -0.2) is 0 Å². The van der Waals surface area contributed by atoms with Crippen LogP contribution >= 0.6 is 0 Å². The van der Waals surface area contributed by atoms with E-state index in [4.69, 9.17) is 0 Å². The number of likely N-dealkylation sites (tertiary alicyclic amines) is 2. The molecule has 0 aromatic carbocycles. The second kappa shape index (κ2) is 5.46. The van der Waals surface area contributed by atoms with Gasteiger partial charge in [-0.3, -0.25) is 4.79 Å². The molecular weight excluding hydrogens is 266 g/mol. The maximum atomic E-state index is 12.7. The fourth-order valence-corrected chi connectivity index (χ4v) is 4.06. The molecule has 2 saturated heterocycles. The van der Waals surface area contributed by atoms with Crippen molar-refractivity contribution < 1.29 is 9.90 Å². The molecule has 2 aliphatic rings. The van der Waals surface area contributed by atoms with Gasteiger partial charge >= 0.3 is 0 Å². The summed E-state index contributed by atoms with van der Waals surface area (Å²) in [7, 11) is 2.11. The molecule has 2 aliphatic heterocycles. The molecule has 3 rings (SSSR count). The van der Waals surface area contributed by atoms with Gasteiger partial charge in [0, 0.05) is 36.4 Å². The molecule has 0 bridgehead atoms. The van der Waals surface area contributed by atoms with E-state index in [-0.39, 0.29) is 24.0 Å². The topological polar surface area (TPSA) is 59.6 Å². The minimum absolute atomic E-state index is 0.0169. The predicted molar refractivity (Wildman–Crippen MR) is 81.2 cm³/mol. The Kier molecular flexibility index (Phi) is 3.80. The van der Waals surface area contributed by atoms with Crippen LogP contribution in [0.15, 0.2) is 12.3 Å². The molecule has 0 spiro atoms. The average molecular weight is 291 g/mol. The number of hydrogen-bond donors (Lipinski definition) is 2. The molecule has 0 unspecified atom stereocenters. The van der Waals surface area contributed by atoms with Gasteiger partial charge in [0.1, 0.15) is 0 Å². The largest absolute Gasteiger partial charge is 0.396 e. The molecule has 1 amide bonds. The molecule has 0 saturated carbocycles. The first-order chi connectivity index (χ1) is 10.1. The van der Waals surface area contributed by atoms with Gasteiger partial charge in [0.25, 0.3) is 5.91 Å². The predicted octanol–water partition coefficient (Wildman–Crippen LogP) is 1.24. The molecule has 116 valence electrons. The van der Waals surface area contributed by atoms with Crippen LogP contribution in [0.3, 0.4) is 0 Å². The molecule has 5 heteroatoms. The number of H-pyrrole nitrogens is 1. The number of nitrogens with one attached hydrogen (secondary N) is 1. The second-order valence-electron chi connectivity index (χ2n) is 6.64. The summed E-state index contributed by atoms with van der Waals surface area (Å²) in [5, 5.41) is 9.91. The van der Waals surface area contributed by atoms with E-state index in [1.807, 2.05) is 24.1 Å². The Morgan fingerprint density at radius 3 is 2.95 bits per heavy atom. The van der Waals surface area contributed by atoms with Gasteiger partial charge in [0.2, 0.25) is 0 Å². The standard InChI is InChI=1S/C16H25N3O2/c1-12-13(4-7-17-12)15(21)19-9-6-16(11-20)5-3-8-18(2)14(16)10-19/h4,7,14,17,20H,3,5-6,8-11H2,1-2H3/t14-,16-/m1/s1. The zero-order chi connectivity index (χ0) is 15.0. The van der Waals surface area contributed by atoms with Crippen molar-refractivity contribution in [3.8, 4) is 0 Å². The maximum Gasteiger partial charge on any atom is 0.255 e. The number of aromatic nitrogens is 1. The van der Waals surface area contributed by atoms with E-state index in [1.165, 1.54) is 0 Å². The summed E-state index contributed by atoms with van der Waals surface area (Å²) < 4.78 is 0. The summed E-state index contributed by atoms with van der Waals surface area (Å²) in [4.78, 5) is 20.0. The molecule has 0 aliphatic carbocycles. The summed E-state index contributed by atoms with van der Waals surface area (Å²) >= 11 is 0. The number of nitrogens with zero attached hydrogens (tertiary/aromatic N) is 2. The van der Waals surface area contributed by atoms with Crippen LogP contribution in [0.5, 0.6) is 0 Å². The van der Waals surface area contributed by atoms with Crippen molar-refractivity contribution >= 4 is 5.91 Å². The zero-order valence-corrected chi connectivity index (χ0v) is 12.9. The molecule has 1 aromatic rings. The molecule has 21 heavy (non-hydrogen) atoms. The number of piperidine rings is 2. The van der Waals surface area contributed by atoms with Crippen molar-refractivity contribution in [1.29, 1.82) is 0 Å². The van der Waals surface area contributed by atoms with Crippen molar-refractivity contribution in [3.63, 3.8) is 0 Å². The smallest absolute Gasteiger partial charge is 0.255 e. The van der Waals surface area contributed by atoms with Crippen LogP contribution < -0.4 is 0 Å². The van der Waals surface area contributed by atoms with E-state index >= 15 is 0 Å². The third-order valence-corrected chi connectivity index (χ3v) is 5.48. The van der Waals surface area contributed by atoms with Crippen LogP contribution in [0.25, 0.3) is 0 Å². The van der Waals surface area contributed by atoms with Crippen molar-refractivity contribution in [1.82, 2.24) is 14.8 Å². The van der Waals surface area contributed by atoms with Crippen LogP contribution in [0.2, 0.25) is 0 Å². The first kappa shape index (κ1) is 14.6. The Morgan fingerprint density at radius 2 is 2.29 bits per heavy atom. The van der Waals surface area contributed by atoms with E-state index < -0.39 is 0 Å². The second-order valence-corrected chi connectivity index (χ2v) is 6.64. The molecule has 5 nitrogen and oxygen atoms in total. The first-order valence-electron chi connectivity index (χ1n) is 7.82. The molecular formula is C16H25N3O2. The third kappa shape index (κ3) is 2.38. The van der Waals surface area contributed by atoms with E-state index in [2.05, 4.69) is 16.9 Å². The summed E-state index contributed by atoms with van der Waals surface area (Å²) in [6.45, 7) is 4.68. The normalized spacial score (nSPS) is 30.2. The Bertz CT molecular complexity index is 527. The number of rotatable bonds is 2. The number of carbonyl (C=O) groups excluding carboxylic acids is 1. The van der Waals surface area contributed by atoms with Crippen LogP contribution in [-0.4, -0.2) is 65.1 Å². The number of aryl methyl sites for hydroxylation is 1. The lowest BCUT2D eigenvalue weighted by atomic mass is 9.69. The van der Waals surface area contributed by atoms with Crippen LogP contribution in [0.4, 0.5) is 0 Å². The number of carbonyl (C=O) groups is 1. The van der Waals surface area contributed by atoms with Crippen LogP contribution in [0, 0.1) is 12.3 Å². The molecule has 1 aromatic heterocycles. The summed E-state index contributed by atoms with van der Waals surface area (Å²) in [6.07, 6.45) is 4.92. The van der Waals surface area contributed by atoms with Gasteiger partial charge in [0.05, 0.1) is 12.2 Å². The van der Waals surface area contributed by atoms with Gasteiger partial charge in [0.15, 0.2) is 0 Å². The number of hydrogen-bond acceptors (Lipinski definition) is 3. The number of likely N-dealkylation sites (N-methyl/N-ethyl adjacent to an activating group) is 1. The van der Waals surface area contributed by atoms with Gasteiger partial charge in [-0.2, -0.15) is 0 Å². The lowest BCUT2D eigenvalue weighted by Crippen LogP contribution is -2.62. The summed E-state index contributed by atoms with van der Waals surface area (Å²) in [6, 6.07) is 2.13. The average Bonchev–Trinajstić information content (AvgIpc) is 2.92. The number of amides is 1. The lowest BCUT2D eigenvalue weighted by Gasteiger charge is -2.53. The van der Waals surface area contributed by atoms with Crippen LogP contribution in [-0.2, 0) is 0 Å². The number of aliphatic hydroxyl groups is 1. The number of aliphatic hydroxyl groups excluding tert-OH is 1. The molecule has 0 radical (unpaired) electrons. The minimum Gasteiger partial charge on any atom is -0.396 e. The minimum atomic E-state index is -0.0169. The van der Waals surface area contributed by atoms with Crippen molar-refractivity contribution in [3.05, 3.63) is 23.5 Å². The highest BCUT2D eigenvalue weighted by atomic mass is 16.3. The van der Waals surface area contributed by atoms with Crippen molar-refractivity contribution in [2.24, 2.45) is 5.41 Å². The van der Waals surface area contributed by atoms with E-state index in [1.54, 1.807) is 0 Å². The van der Waals surface area contributed by atoms with Crippen LogP contribution in [0.1, 0.15) is 35.3 Å². The molecule has 2 fully saturated rings. The highest BCUT2D eigenvalue weighted by molar-refractivity contribution is 5.95. The van der Waals surface area contributed by atoms with E-state index in [0.29, 0.717) is 0 Å². The van der Waals surface area contributed by atoms with Gasteiger partial charge in [-0.15, -0.1) is 0 Å². The highest BCUT2D eigenvalue weighted by Crippen LogP contribution is 2.41. The summed E-state index contributed by atoms with van der Waals surface area (Å²) in [5.74, 6) is 0.110. The van der Waals surface area contributed by atoms with E-state index in [0.717, 1.165) is 50.2 Å². The van der Waals surface area contributed by atoms with Gasteiger partial charge < -0.3 is 19.9 Å². The van der Waals surface area contributed by atoms with Crippen molar-refractivity contribution in [2.75, 3.05) is 33.3 Å². The molecule has 3 heterocycles. The Balaban J connectivity index is 1.80. The SMILES string of the molecule is Cc1[nH]ccc1C(=O)N1CC[C@@]2(CO)CCCN(C)[C@@H]2C1. The van der Waals surface area contributed by atoms with E-state index in [9.17, 15) is 9.90 Å². The zero-order valence-electron chi connectivity index (χ0n) is 12.9. The Morgan fingerprint density at radius 1 is 1.48 bits per heavy atom. The number of aromatic amines is 1. The number of fused-ring (bicyclic) bond motifs is 1. The Labute approximate surface area is 125 Å². The van der Waals surface area contributed by atoms with Gasteiger partial charge in [-0.05, 0) is 45.8 Å². The quantitative estimate of drug-likeness (QED) is 0.862. The first-order valence-corrected chi connectivity index (χ1v) is 7.82. The fraction of sp³-hybridized carbons (Fsp3) is 0.688.